The number of hydrogen-bond acceptors (Lipinski definition) is 6. The van der Waals surface area contributed by atoms with Crippen molar-refractivity contribution in [3.8, 4) is 11.5 Å². The lowest BCUT2D eigenvalue weighted by Gasteiger charge is -2.24. The van der Waals surface area contributed by atoms with Gasteiger partial charge in [-0.2, -0.15) is 0 Å². The van der Waals surface area contributed by atoms with Gasteiger partial charge in [0.25, 0.3) is 0 Å². The van der Waals surface area contributed by atoms with E-state index < -0.39 is 12.1 Å². The van der Waals surface area contributed by atoms with Crippen molar-refractivity contribution in [2.24, 2.45) is 0 Å². The van der Waals surface area contributed by atoms with E-state index in [1.165, 1.54) is 0 Å². The number of esters is 1. The van der Waals surface area contributed by atoms with Crippen molar-refractivity contribution in [2.45, 2.75) is 19.6 Å². The molecule has 6 nitrogen and oxygen atoms in total. The Labute approximate surface area is 144 Å². The second kappa shape index (κ2) is 6.39. The first kappa shape index (κ1) is 15.4. The molecule has 1 aromatic heterocycles. The van der Waals surface area contributed by atoms with Crippen molar-refractivity contribution in [3.05, 3.63) is 59.9 Å². The number of rotatable bonds is 3. The van der Waals surface area contributed by atoms with E-state index in [9.17, 15) is 4.79 Å². The van der Waals surface area contributed by atoms with Crippen LogP contribution in [0.3, 0.4) is 0 Å². The van der Waals surface area contributed by atoms with Crippen molar-refractivity contribution in [1.82, 2.24) is 9.97 Å². The van der Waals surface area contributed by atoms with Gasteiger partial charge in [0.05, 0.1) is 22.4 Å². The summed E-state index contributed by atoms with van der Waals surface area (Å²) in [5.41, 5.74) is 2.95. The second-order valence-electron chi connectivity index (χ2n) is 5.72. The van der Waals surface area contributed by atoms with Crippen LogP contribution in [-0.2, 0) is 16.1 Å². The van der Waals surface area contributed by atoms with Crippen molar-refractivity contribution >= 4 is 17.0 Å². The smallest absolute Gasteiger partial charge is 0.351 e. The fourth-order valence-corrected chi connectivity index (χ4v) is 2.63. The maximum atomic E-state index is 12.3. The maximum Gasteiger partial charge on any atom is 0.351 e. The van der Waals surface area contributed by atoms with Crippen LogP contribution >= 0.6 is 0 Å². The molecule has 0 radical (unpaired) electrons. The Hall–Kier alpha value is -3.15. The Kier molecular flexibility index (Phi) is 3.93. The Balaban J connectivity index is 1.45. The molecule has 1 atom stereocenters. The summed E-state index contributed by atoms with van der Waals surface area (Å²) in [5.74, 6) is 0.684. The SMILES string of the molecule is Cc1nc2ccccc2nc1COC(=O)[C@@H]1COc2ccccc2O1. The van der Waals surface area contributed by atoms with Crippen LogP contribution in [0.15, 0.2) is 48.5 Å². The predicted molar refractivity (Wildman–Crippen MR) is 90.4 cm³/mol. The first-order chi connectivity index (χ1) is 12.2. The number of benzene rings is 2. The third-order valence-electron chi connectivity index (χ3n) is 3.97. The van der Waals surface area contributed by atoms with Crippen LogP contribution in [-0.4, -0.2) is 28.6 Å². The van der Waals surface area contributed by atoms with E-state index in [1.807, 2.05) is 43.3 Å². The number of aromatic nitrogens is 2. The fraction of sp³-hybridized carbons (Fsp3) is 0.211. The minimum atomic E-state index is -0.788. The number of para-hydroxylation sites is 4. The summed E-state index contributed by atoms with van der Waals surface area (Å²) in [6.45, 7) is 2.02. The number of nitrogens with zero attached hydrogens (tertiary/aromatic N) is 2. The van der Waals surface area contributed by atoms with Gasteiger partial charge in [-0.1, -0.05) is 24.3 Å². The molecule has 0 saturated heterocycles. The Bertz CT molecular complexity index is 942. The van der Waals surface area contributed by atoms with Gasteiger partial charge in [-0.25, -0.2) is 14.8 Å². The minimum absolute atomic E-state index is 0.0456. The molecule has 2 aromatic carbocycles. The van der Waals surface area contributed by atoms with Crippen molar-refractivity contribution < 1.29 is 19.0 Å². The van der Waals surface area contributed by atoms with E-state index in [0.717, 1.165) is 16.7 Å². The first-order valence-electron chi connectivity index (χ1n) is 7.98. The lowest BCUT2D eigenvalue weighted by Crippen LogP contribution is -2.37. The van der Waals surface area contributed by atoms with Crippen LogP contribution in [0, 0.1) is 6.92 Å². The Morgan fingerprint density at radius 3 is 2.56 bits per heavy atom. The highest BCUT2D eigenvalue weighted by Gasteiger charge is 2.28. The second-order valence-corrected chi connectivity index (χ2v) is 5.72. The summed E-state index contributed by atoms with van der Waals surface area (Å²) in [4.78, 5) is 21.3. The van der Waals surface area contributed by atoms with Gasteiger partial charge >= 0.3 is 5.97 Å². The highest BCUT2D eigenvalue weighted by molar-refractivity contribution is 5.76. The van der Waals surface area contributed by atoms with E-state index in [4.69, 9.17) is 14.2 Å². The van der Waals surface area contributed by atoms with Crippen LogP contribution in [0.25, 0.3) is 11.0 Å². The standard InChI is InChI=1S/C19H16N2O4/c1-12-15(21-14-7-3-2-6-13(14)20-12)10-24-19(22)18-11-23-16-8-4-5-9-17(16)25-18/h2-9,18H,10-11H2,1H3/t18-/m0/s1. The third-order valence-corrected chi connectivity index (χ3v) is 3.97. The molecule has 3 aromatic rings. The molecule has 4 rings (SSSR count). The molecule has 1 aliphatic rings. The molecule has 1 aliphatic heterocycles. The molecule has 0 N–H and O–H groups in total. The topological polar surface area (TPSA) is 70.5 Å². The lowest BCUT2D eigenvalue weighted by atomic mass is 10.2. The van der Waals surface area contributed by atoms with Gasteiger partial charge in [-0.3, -0.25) is 0 Å². The molecule has 2 heterocycles. The van der Waals surface area contributed by atoms with E-state index in [2.05, 4.69) is 9.97 Å². The maximum absolute atomic E-state index is 12.3. The fourth-order valence-electron chi connectivity index (χ4n) is 2.63. The quantitative estimate of drug-likeness (QED) is 0.685. The van der Waals surface area contributed by atoms with Gasteiger partial charge in [-0.15, -0.1) is 0 Å². The van der Waals surface area contributed by atoms with Gasteiger partial charge < -0.3 is 14.2 Å². The molecule has 0 bridgehead atoms. The monoisotopic (exact) mass is 336 g/mol. The third kappa shape index (κ3) is 3.10. The number of ether oxygens (including phenoxy) is 3. The molecule has 0 aliphatic carbocycles. The normalized spacial score (nSPS) is 15.8. The van der Waals surface area contributed by atoms with Gasteiger partial charge in [-0.05, 0) is 31.2 Å². The molecule has 25 heavy (non-hydrogen) atoms. The van der Waals surface area contributed by atoms with Crippen LogP contribution < -0.4 is 9.47 Å². The molecule has 0 amide bonds. The Morgan fingerprint density at radius 2 is 1.76 bits per heavy atom. The van der Waals surface area contributed by atoms with Gasteiger partial charge in [0, 0.05) is 0 Å². The van der Waals surface area contributed by atoms with Crippen molar-refractivity contribution in [3.63, 3.8) is 0 Å². The van der Waals surface area contributed by atoms with Crippen molar-refractivity contribution in [2.75, 3.05) is 6.61 Å². The summed E-state index contributed by atoms with van der Waals surface area (Å²) in [6, 6.07) is 14.8. The number of carbonyl (C=O) groups is 1. The highest BCUT2D eigenvalue weighted by Crippen LogP contribution is 2.31. The molecule has 0 saturated carbocycles. The summed E-state index contributed by atoms with van der Waals surface area (Å²) in [6.07, 6.45) is -0.788. The van der Waals surface area contributed by atoms with Crippen LogP contribution in [0.1, 0.15) is 11.4 Å². The molecular formula is C19H16N2O4. The number of fused-ring (bicyclic) bond motifs is 2. The molecule has 6 heteroatoms. The van der Waals surface area contributed by atoms with Crippen LogP contribution in [0.4, 0.5) is 0 Å². The van der Waals surface area contributed by atoms with Gasteiger partial charge in [0.1, 0.15) is 13.2 Å². The molecule has 0 spiro atoms. The molecule has 0 fully saturated rings. The largest absolute Gasteiger partial charge is 0.485 e. The number of carbonyl (C=O) groups excluding carboxylic acids is 1. The Morgan fingerprint density at radius 1 is 1.08 bits per heavy atom. The molecular weight excluding hydrogens is 320 g/mol. The van der Waals surface area contributed by atoms with Crippen LogP contribution in [0.2, 0.25) is 0 Å². The molecule has 126 valence electrons. The first-order valence-corrected chi connectivity index (χ1v) is 7.98. The van der Waals surface area contributed by atoms with Crippen LogP contribution in [0.5, 0.6) is 11.5 Å². The number of hydrogen-bond donors (Lipinski definition) is 0. The van der Waals surface area contributed by atoms with Gasteiger partial charge in [0.15, 0.2) is 11.5 Å². The lowest BCUT2D eigenvalue weighted by molar-refractivity contribution is -0.156. The molecule has 0 unspecified atom stereocenters. The van der Waals surface area contributed by atoms with E-state index in [0.29, 0.717) is 17.2 Å². The zero-order valence-electron chi connectivity index (χ0n) is 13.6. The summed E-state index contributed by atoms with van der Waals surface area (Å²) < 4.78 is 16.5. The van der Waals surface area contributed by atoms with Gasteiger partial charge in [0.2, 0.25) is 6.10 Å². The summed E-state index contributed by atoms with van der Waals surface area (Å²) in [5, 5.41) is 0. The average Bonchev–Trinajstić information content (AvgIpc) is 2.65. The predicted octanol–water partition coefficient (Wildman–Crippen LogP) is 2.82. The zero-order valence-corrected chi connectivity index (χ0v) is 13.6. The minimum Gasteiger partial charge on any atom is -0.485 e. The zero-order chi connectivity index (χ0) is 17.2. The van der Waals surface area contributed by atoms with E-state index in [-0.39, 0.29) is 13.2 Å². The van der Waals surface area contributed by atoms with E-state index in [1.54, 1.807) is 12.1 Å². The summed E-state index contributed by atoms with van der Waals surface area (Å²) in [7, 11) is 0. The average molecular weight is 336 g/mol. The number of aryl methyl sites for hydroxylation is 1. The highest BCUT2D eigenvalue weighted by atomic mass is 16.6. The van der Waals surface area contributed by atoms with Crippen molar-refractivity contribution in [1.29, 1.82) is 0 Å². The summed E-state index contributed by atoms with van der Waals surface area (Å²) >= 11 is 0. The van der Waals surface area contributed by atoms with E-state index >= 15 is 0 Å².